The van der Waals surface area contributed by atoms with Gasteiger partial charge in [-0.1, -0.05) is 12.1 Å². The third-order valence-electron chi connectivity index (χ3n) is 3.18. The summed E-state index contributed by atoms with van der Waals surface area (Å²) in [5, 5.41) is 0. The van der Waals surface area contributed by atoms with Gasteiger partial charge < -0.3 is 4.18 Å². The normalized spacial score (nSPS) is 19.0. The van der Waals surface area contributed by atoms with E-state index in [1.165, 1.54) is 6.07 Å². The fourth-order valence-electron chi connectivity index (χ4n) is 2.15. The second-order valence-corrected chi connectivity index (χ2v) is 6.36. The van der Waals surface area contributed by atoms with Gasteiger partial charge >= 0.3 is 15.6 Å². The van der Waals surface area contributed by atoms with Gasteiger partial charge in [0.15, 0.2) is 11.5 Å². The van der Waals surface area contributed by atoms with Gasteiger partial charge in [0.05, 0.1) is 11.6 Å². The van der Waals surface area contributed by atoms with Crippen LogP contribution < -0.4 is 4.18 Å². The Bertz CT molecular complexity index is 682. The fourth-order valence-corrected chi connectivity index (χ4v) is 2.62. The van der Waals surface area contributed by atoms with Crippen molar-refractivity contribution < 1.29 is 30.6 Å². The Morgan fingerprint density at radius 1 is 1.29 bits per heavy atom. The molecule has 2 rings (SSSR count). The average Bonchev–Trinajstić information content (AvgIpc) is 2.66. The smallest absolute Gasteiger partial charge is 0.375 e. The Morgan fingerprint density at radius 2 is 1.90 bits per heavy atom. The average molecular weight is 323 g/mol. The van der Waals surface area contributed by atoms with E-state index in [2.05, 4.69) is 4.18 Å². The molecule has 0 fully saturated rings. The number of rotatable bonds is 3. The van der Waals surface area contributed by atoms with Crippen molar-refractivity contribution in [2.75, 3.05) is 14.1 Å². The Morgan fingerprint density at radius 3 is 2.43 bits per heavy atom. The quantitative estimate of drug-likeness (QED) is 0.624. The summed E-state index contributed by atoms with van der Waals surface area (Å²) >= 11 is 0. The van der Waals surface area contributed by atoms with Crippen LogP contribution in [0.25, 0.3) is 0 Å². The van der Waals surface area contributed by atoms with Crippen molar-refractivity contribution >= 4 is 15.9 Å². The predicted molar refractivity (Wildman–Crippen MR) is 67.6 cm³/mol. The van der Waals surface area contributed by atoms with Crippen LogP contribution in [0, 0.1) is 0 Å². The fraction of sp³-hybridized carbons (Fsp3) is 0.417. The van der Waals surface area contributed by atoms with Crippen molar-refractivity contribution in [3.8, 4) is 5.75 Å². The molecular formula is C12H12F3NO4S. The SMILES string of the molecule is CN(C)C1Cc2cccc(OS(=O)(=O)C(F)(F)F)c2C1=O. The van der Waals surface area contributed by atoms with Crippen LogP contribution in [-0.4, -0.2) is 44.7 Å². The van der Waals surface area contributed by atoms with Gasteiger partial charge in [-0.25, -0.2) is 0 Å². The zero-order valence-corrected chi connectivity index (χ0v) is 12.0. The molecule has 1 aromatic carbocycles. The van der Waals surface area contributed by atoms with Gasteiger partial charge in [0.2, 0.25) is 0 Å². The van der Waals surface area contributed by atoms with E-state index in [-0.39, 0.29) is 5.56 Å². The molecule has 116 valence electrons. The zero-order chi connectivity index (χ0) is 16.0. The molecule has 21 heavy (non-hydrogen) atoms. The molecule has 0 aliphatic heterocycles. The third-order valence-corrected chi connectivity index (χ3v) is 4.15. The summed E-state index contributed by atoms with van der Waals surface area (Å²) in [6, 6.07) is 3.41. The van der Waals surface area contributed by atoms with E-state index in [9.17, 15) is 26.4 Å². The van der Waals surface area contributed by atoms with Crippen molar-refractivity contribution in [3.05, 3.63) is 29.3 Å². The molecule has 1 aliphatic carbocycles. The molecule has 9 heteroatoms. The number of ketones is 1. The maximum atomic E-state index is 12.4. The highest BCUT2D eigenvalue weighted by Gasteiger charge is 2.49. The zero-order valence-electron chi connectivity index (χ0n) is 11.1. The highest BCUT2D eigenvalue weighted by Crippen LogP contribution is 2.35. The lowest BCUT2D eigenvalue weighted by molar-refractivity contribution is -0.0500. The molecule has 1 atom stereocenters. The second-order valence-electron chi connectivity index (χ2n) is 4.82. The van der Waals surface area contributed by atoms with E-state index < -0.39 is 33.2 Å². The first kappa shape index (κ1) is 15.8. The number of benzene rings is 1. The summed E-state index contributed by atoms with van der Waals surface area (Å²) in [6.07, 6.45) is 0.296. The van der Waals surface area contributed by atoms with Crippen molar-refractivity contribution in [1.29, 1.82) is 0 Å². The van der Waals surface area contributed by atoms with E-state index in [4.69, 9.17) is 0 Å². The highest BCUT2D eigenvalue weighted by atomic mass is 32.2. The van der Waals surface area contributed by atoms with Gasteiger partial charge in [0, 0.05) is 0 Å². The van der Waals surface area contributed by atoms with Gasteiger partial charge in [-0.05, 0) is 32.1 Å². The number of hydrogen-bond donors (Lipinski definition) is 0. The Labute approximate surface area is 119 Å². The Balaban J connectivity index is 2.44. The van der Waals surface area contributed by atoms with E-state index in [1.54, 1.807) is 25.1 Å². The van der Waals surface area contributed by atoms with Gasteiger partial charge in [-0.15, -0.1) is 0 Å². The molecule has 0 heterocycles. The lowest BCUT2D eigenvalue weighted by atomic mass is 10.1. The number of carbonyl (C=O) groups excluding carboxylic acids is 1. The van der Waals surface area contributed by atoms with Crippen molar-refractivity contribution in [1.82, 2.24) is 4.90 Å². The van der Waals surface area contributed by atoms with E-state index in [0.29, 0.717) is 12.0 Å². The largest absolute Gasteiger partial charge is 0.534 e. The highest BCUT2D eigenvalue weighted by molar-refractivity contribution is 7.88. The number of halogens is 3. The molecular weight excluding hydrogens is 311 g/mol. The minimum absolute atomic E-state index is 0.107. The predicted octanol–water partition coefficient (Wildman–Crippen LogP) is 1.58. The first-order valence-electron chi connectivity index (χ1n) is 5.88. The molecule has 0 spiro atoms. The van der Waals surface area contributed by atoms with Crippen LogP contribution in [0.5, 0.6) is 5.75 Å². The molecule has 5 nitrogen and oxygen atoms in total. The van der Waals surface area contributed by atoms with Crippen molar-refractivity contribution in [2.45, 2.75) is 18.0 Å². The minimum Gasteiger partial charge on any atom is -0.375 e. The van der Waals surface area contributed by atoms with Gasteiger partial charge in [0.1, 0.15) is 0 Å². The molecule has 0 aromatic heterocycles. The number of fused-ring (bicyclic) bond motifs is 1. The Hall–Kier alpha value is -1.61. The van der Waals surface area contributed by atoms with E-state index in [1.807, 2.05) is 0 Å². The maximum Gasteiger partial charge on any atom is 0.534 e. The summed E-state index contributed by atoms with van der Waals surface area (Å²) in [7, 11) is -2.49. The topological polar surface area (TPSA) is 63.7 Å². The lowest BCUT2D eigenvalue weighted by Crippen LogP contribution is -2.33. The molecule has 0 bridgehead atoms. The molecule has 1 aliphatic rings. The summed E-state index contributed by atoms with van der Waals surface area (Å²) in [5.74, 6) is -1.04. The van der Waals surface area contributed by atoms with Crippen LogP contribution in [0.4, 0.5) is 13.2 Å². The second kappa shape index (κ2) is 4.99. The third kappa shape index (κ3) is 2.75. The van der Waals surface area contributed by atoms with E-state index >= 15 is 0 Å². The van der Waals surface area contributed by atoms with Gasteiger partial charge in [0.25, 0.3) is 0 Å². The molecule has 0 saturated heterocycles. The van der Waals surface area contributed by atoms with Crippen LogP contribution in [0.1, 0.15) is 15.9 Å². The lowest BCUT2D eigenvalue weighted by Gasteiger charge is -2.16. The van der Waals surface area contributed by atoms with Crippen molar-refractivity contribution in [3.63, 3.8) is 0 Å². The van der Waals surface area contributed by atoms with Crippen molar-refractivity contribution in [2.24, 2.45) is 0 Å². The van der Waals surface area contributed by atoms with Crippen LogP contribution in [0.15, 0.2) is 18.2 Å². The standard InChI is InChI=1S/C12H12F3NO4S/c1-16(2)8-6-7-4-3-5-9(10(7)11(8)17)20-21(18,19)12(13,14)15/h3-5,8H,6H2,1-2H3. The number of alkyl halides is 3. The Kier molecular flexibility index (Phi) is 3.75. The number of likely N-dealkylation sites (N-methyl/N-ethyl adjacent to an activating group) is 1. The molecule has 0 saturated carbocycles. The summed E-state index contributed by atoms with van der Waals surface area (Å²) in [5.41, 5.74) is -5.18. The van der Waals surface area contributed by atoms with Gasteiger partial charge in [-0.3, -0.25) is 9.69 Å². The van der Waals surface area contributed by atoms with E-state index in [0.717, 1.165) is 6.07 Å². The first-order chi connectivity index (χ1) is 9.54. The monoisotopic (exact) mass is 323 g/mol. The van der Waals surface area contributed by atoms with Crippen LogP contribution in [0.2, 0.25) is 0 Å². The number of nitrogens with zero attached hydrogens (tertiary/aromatic N) is 1. The van der Waals surface area contributed by atoms with Gasteiger partial charge in [-0.2, -0.15) is 21.6 Å². The minimum atomic E-state index is -5.80. The van der Waals surface area contributed by atoms with Crippen LogP contribution >= 0.6 is 0 Å². The molecule has 1 aromatic rings. The first-order valence-corrected chi connectivity index (χ1v) is 7.28. The maximum absolute atomic E-state index is 12.4. The summed E-state index contributed by atoms with van der Waals surface area (Å²) in [4.78, 5) is 13.8. The molecule has 0 N–H and O–H groups in total. The summed E-state index contributed by atoms with van der Waals surface area (Å²) in [6.45, 7) is 0. The molecule has 0 amide bonds. The molecule has 1 unspecified atom stereocenters. The van der Waals surface area contributed by atoms with Crippen LogP contribution in [-0.2, 0) is 16.5 Å². The number of hydrogen-bond acceptors (Lipinski definition) is 5. The molecule has 0 radical (unpaired) electrons. The number of carbonyl (C=O) groups is 1. The van der Waals surface area contributed by atoms with Crippen LogP contribution in [0.3, 0.4) is 0 Å². The summed E-state index contributed by atoms with van der Waals surface area (Å²) < 4.78 is 63.4. The number of Topliss-reactive ketones (excluding diaryl/α,β-unsaturated/α-hetero) is 1.